The van der Waals surface area contributed by atoms with Crippen molar-refractivity contribution < 1.29 is 23.5 Å². The maximum Gasteiger partial charge on any atom is 0.320 e. The van der Waals surface area contributed by atoms with Crippen molar-refractivity contribution in [1.29, 1.82) is 0 Å². The van der Waals surface area contributed by atoms with E-state index in [2.05, 4.69) is 39.0 Å². The molecule has 1 saturated heterocycles. The van der Waals surface area contributed by atoms with E-state index >= 15 is 0 Å². The third kappa shape index (κ3) is 7.41. The number of nitrogens with zero attached hydrogens (tertiary/aromatic N) is 4. The molecule has 1 aliphatic heterocycles. The predicted octanol–water partition coefficient (Wildman–Crippen LogP) is 3.88. The van der Waals surface area contributed by atoms with Gasteiger partial charge in [0.2, 0.25) is 0 Å². The zero-order valence-corrected chi connectivity index (χ0v) is 19.0. The number of carboxylic acids is 1. The van der Waals surface area contributed by atoms with Gasteiger partial charge in [-0.25, -0.2) is 9.37 Å². The normalized spacial score (nSPS) is 15.5. The maximum absolute atomic E-state index is 12.2. The van der Waals surface area contributed by atoms with E-state index in [-0.39, 0.29) is 11.9 Å². The Kier molecular flexibility index (Phi) is 8.66. The summed E-state index contributed by atoms with van der Waals surface area (Å²) in [5.74, 6) is -0.763. The summed E-state index contributed by atoms with van der Waals surface area (Å²) < 4.78 is 16.5. The molecule has 11 heteroatoms. The summed E-state index contributed by atoms with van der Waals surface area (Å²) in [7, 11) is 0. The number of piperidine rings is 1. The fourth-order valence-corrected chi connectivity index (χ4v) is 2.82. The van der Waals surface area contributed by atoms with E-state index in [1.54, 1.807) is 26.0 Å². The molecule has 0 radical (unpaired) electrons. The van der Waals surface area contributed by atoms with Gasteiger partial charge in [-0.3, -0.25) is 9.59 Å². The van der Waals surface area contributed by atoms with Crippen LogP contribution in [0.1, 0.15) is 44.3 Å². The molecule has 0 saturated carbocycles. The largest absolute Gasteiger partial charge is 0.481 e. The summed E-state index contributed by atoms with van der Waals surface area (Å²) >= 11 is 0. The number of halogens is 1. The highest BCUT2D eigenvalue weighted by Gasteiger charge is 2.37. The standard InChI is InChI=1S/C18H22N6O4.C4H7F/c1-11(2)20-17-23-22-15(28-17)14(25)21-12-4-5-13(19-10-12)24-8-6-18(3,7-9-24)16(26)27;1-3-4(2)5/h4-5,10H,1,6-9H2,2-3H3,(H,20,23)(H,21,25)(H,26,27);3-4H,1H2,2H3. The number of carbonyl (C=O) groups excluding carboxylic acids is 1. The van der Waals surface area contributed by atoms with Gasteiger partial charge in [0, 0.05) is 18.8 Å². The molecule has 0 bridgehead atoms. The smallest absolute Gasteiger partial charge is 0.320 e. The van der Waals surface area contributed by atoms with Crippen LogP contribution in [0.5, 0.6) is 0 Å². The highest BCUT2D eigenvalue weighted by molar-refractivity contribution is 6.00. The van der Waals surface area contributed by atoms with E-state index in [1.165, 1.54) is 19.2 Å². The van der Waals surface area contributed by atoms with Gasteiger partial charge in [0.15, 0.2) is 0 Å². The molecule has 0 aromatic carbocycles. The van der Waals surface area contributed by atoms with Crippen LogP contribution in [-0.4, -0.2) is 51.4 Å². The summed E-state index contributed by atoms with van der Waals surface area (Å²) in [6.45, 7) is 13.0. The number of aromatic nitrogens is 3. The number of alkyl halides is 1. The van der Waals surface area contributed by atoms with Crippen LogP contribution in [0.3, 0.4) is 0 Å². The number of hydrogen-bond acceptors (Lipinski definition) is 8. The van der Waals surface area contributed by atoms with Crippen molar-refractivity contribution in [1.82, 2.24) is 15.2 Å². The zero-order valence-electron chi connectivity index (χ0n) is 19.0. The van der Waals surface area contributed by atoms with Gasteiger partial charge in [0.05, 0.1) is 17.3 Å². The Morgan fingerprint density at radius 2 is 1.94 bits per heavy atom. The molecule has 33 heavy (non-hydrogen) atoms. The molecular formula is C22H29FN6O4. The second-order valence-electron chi connectivity index (χ2n) is 7.94. The van der Waals surface area contributed by atoms with Gasteiger partial charge in [-0.1, -0.05) is 17.8 Å². The molecule has 10 nitrogen and oxygen atoms in total. The Morgan fingerprint density at radius 1 is 1.30 bits per heavy atom. The van der Waals surface area contributed by atoms with E-state index in [0.717, 1.165) is 5.82 Å². The quantitative estimate of drug-likeness (QED) is 0.526. The number of carboxylic acid groups (broad SMARTS) is 1. The Morgan fingerprint density at radius 3 is 2.42 bits per heavy atom. The van der Waals surface area contributed by atoms with Crippen LogP contribution in [0.15, 0.2) is 47.7 Å². The number of aliphatic carboxylic acids is 1. The number of pyridine rings is 1. The second kappa shape index (κ2) is 11.2. The molecule has 0 aliphatic carbocycles. The Labute approximate surface area is 191 Å². The Hall–Kier alpha value is -3.76. The van der Waals surface area contributed by atoms with Gasteiger partial charge >= 0.3 is 23.8 Å². The van der Waals surface area contributed by atoms with Crippen molar-refractivity contribution >= 4 is 29.4 Å². The third-order valence-corrected chi connectivity index (χ3v) is 4.98. The molecule has 3 rings (SSSR count). The molecule has 1 aliphatic rings. The molecule has 3 N–H and O–H groups in total. The van der Waals surface area contributed by atoms with Gasteiger partial charge in [0.25, 0.3) is 0 Å². The van der Waals surface area contributed by atoms with Crippen LogP contribution in [-0.2, 0) is 4.79 Å². The van der Waals surface area contributed by atoms with E-state index in [4.69, 9.17) is 4.42 Å². The van der Waals surface area contributed by atoms with E-state index in [1.807, 2.05) is 4.90 Å². The van der Waals surface area contributed by atoms with Gasteiger partial charge in [-0.2, -0.15) is 0 Å². The number of rotatable bonds is 7. The van der Waals surface area contributed by atoms with Crippen molar-refractivity contribution in [3.05, 3.63) is 49.2 Å². The lowest BCUT2D eigenvalue weighted by Gasteiger charge is -2.37. The summed E-state index contributed by atoms with van der Waals surface area (Å²) in [5, 5.41) is 22.1. The summed E-state index contributed by atoms with van der Waals surface area (Å²) in [6, 6.07) is 3.58. The van der Waals surface area contributed by atoms with Crippen molar-refractivity contribution in [2.75, 3.05) is 28.6 Å². The van der Waals surface area contributed by atoms with E-state index in [0.29, 0.717) is 37.3 Å². The Balaban J connectivity index is 0.000000696. The number of carbonyl (C=O) groups is 2. The minimum atomic E-state index is -0.852. The summed E-state index contributed by atoms with van der Waals surface area (Å²) in [6.07, 6.45) is 3.04. The highest BCUT2D eigenvalue weighted by atomic mass is 19.1. The molecule has 1 fully saturated rings. The zero-order chi connectivity index (χ0) is 24.6. The van der Waals surface area contributed by atoms with Gasteiger partial charge in [0.1, 0.15) is 12.0 Å². The van der Waals surface area contributed by atoms with Crippen molar-refractivity contribution in [3.8, 4) is 0 Å². The minimum absolute atomic E-state index is 0.0876. The van der Waals surface area contributed by atoms with E-state index < -0.39 is 23.5 Å². The topological polar surface area (TPSA) is 133 Å². The molecule has 3 heterocycles. The highest BCUT2D eigenvalue weighted by Crippen LogP contribution is 2.32. The van der Waals surface area contributed by atoms with Gasteiger partial charge in [-0.05, 0) is 45.7 Å². The van der Waals surface area contributed by atoms with Crippen LogP contribution < -0.4 is 15.5 Å². The molecule has 178 valence electrons. The fourth-order valence-electron chi connectivity index (χ4n) is 2.82. The lowest BCUT2D eigenvalue weighted by Crippen LogP contribution is -2.43. The average molecular weight is 461 g/mol. The van der Waals surface area contributed by atoms with Gasteiger partial charge in [-0.15, -0.1) is 11.7 Å². The van der Waals surface area contributed by atoms with Crippen molar-refractivity contribution in [2.24, 2.45) is 5.41 Å². The predicted molar refractivity (Wildman–Crippen MR) is 123 cm³/mol. The maximum atomic E-state index is 12.2. The summed E-state index contributed by atoms with van der Waals surface area (Å²) in [5.41, 5.74) is 0.400. The molecule has 0 spiro atoms. The Bertz CT molecular complexity index is 981. The van der Waals surface area contributed by atoms with E-state index in [9.17, 15) is 19.1 Å². The van der Waals surface area contributed by atoms with Crippen LogP contribution in [0.4, 0.5) is 21.9 Å². The number of allylic oxidation sites excluding steroid dienone is 2. The lowest BCUT2D eigenvalue weighted by molar-refractivity contribution is -0.149. The number of nitrogens with one attached hydrogen (secondary N) is 2. The van der Waals surface area contributed by atoms with Crippen LogP contribution in [0, 0.1) is 5.41 Å². The molecule has 1 amide bonds. The third-order valence-electron chi connectivity index (χ3n) is 4.98. The van der Waals surface area contributed by atoms with Crippen LogP contribution in [0.2, 0.25) is 0 Å². The SMILES string of the molecule is C=C(C)Nc1nnc(C(=O)Nc2ccc(N3CCC(C)(C(=O)O)CC3)nc2)o1.C=CC(C)F. The first-order chi connectivity index (χ1) is 15.5. The molecule has 1 atom stereocenters. The van der Waals surface area contributed by atoms with Crippen LogP contribution in [0.25, 0.3) is 0 Å². The van der Waals surface area contributed by atoms with Crippen molar-refractivity contribution in [2.45, 2.75) is 39.8 Å². The second-order valence-corrected chi connectivity index (χ2v) is 7.94. The molecule has 2 aromatic heterocycles. The minimum Gasteiger partial charge on any atom is -0.481 e. The molecular weight excluding hydrogens is 431 g/mol. The molecule has 1 unspecified atom stereocenters. The first kappa shape index (κ1) is 25.5. The number of amides is 1. The van der Waals surface area contributed by atoms with Crippen LogP contribution >= 0.6 is 0 Å². The lowest BCUT2D eigenvalue weighted by atomic mass is 9.80. The number of anilines is 3. The first-order valence-corrected chi connectivity index (χ1v) is 10.3. The summed E-state index contributed by atoms with van der Waals surface area (Å²) in [4.78, 5) is 29.9. The molecule has 2 aromatic rings. The fraction of sp³-hybridized carbons (Fsp3) is 0.409. The monoisotopic (exact) mass is 460 g/mol. The van der Waals surface area contributed by atoms with Gasteiger partial charge < -0.3 is 25.1 Å². The number of hydrogen-bond donors (Lipinski definition) is 3. The first-order valence-electron chi connectivity index (χ1n) is 10.3. The van der Waals surface area contributed by atoms with Crippen molar-refractivity contribution in [3.63, 3.8) is 0 Å². The average Bonchev–Trinajstić information content (AvgIpc) is 3.23.